The molecule has 30 heavy (non-hydrogen) atoms. The maximum atomic E-state index is 13.0. The van der Waals surface area contributed by atoms with E-state index in [1.54, 1.807) is 25.4 Å². The maximum Gasteiger partial charge on any atom is 0.322 e. The Labute approximate surface area is 179 Å². The number of pyridine rings is 1. The molecule has 0 radical (unpaired) electrons. The molecule has 8 heteroatoms. The monoisotopic (exact) mass is 429 g/mol. The van der Waals surface area contributed by atoms with E-state index in [1.807, 2.05) is 33.8 Å². The molecule has 160 valence electrons. The zero-order chi connectivity index (χ0) is 22.1. The van der Waals surface area contributed by atoms with Gasteiger partial charge in [0.25, 0.3) is 0 Å². The standard InChI is InChI=1S/C22H27N3O4S/c1-6-22(7-2,20(26)27)15-8-9-16-17(10-15)25-21(24-16)30(28)12-18-14(4)19(29-5)13(3)11-23-18/h8-11H,6-7,12H2,1-5H3,(H,24,25)(H,26,27). The molecular formula is C22H27N3O4S. The van der Waals surface area contributed by atoms with E-state index >= 15 is 0 Å². The Morgan fingerprint density at radius 2 is 2.00 bits per heavy atom. The van der Waals surface area contributed by atoms with E-state index in [-0.39, 0.29) is 5.75 Å². The van der Waals surface area contributed by atoms with Crippen molar-refractivity contribution in [3.8, 4) is 5.75 Å². The molecule has 1 atom stereocenters. The number of rotatable bonds is 8. The minimum atomic E-state index is -1.44. The number of nitrogens with one attached hydrogen (secondary N) is 1. The van der Waals surface area contributed by atoms with Gasteiger partial charge in [-0.05, 0) is 44.4 Å². The molecule has 2 heterocycles. The Bertz CT molecular complexity index is 1080. The Morgan fingerprint density at radius 1 is 1.30 bits per heavy atom. The normalized spacial score (nSPS) is 12.9. The maximum absolute atomic E-state index is 13.0. The number of nitrogens with zero attached hydrogens (tertiary/aromatic N) is 2. The number of hydrogen-bond acceptors (Lipinski definition) is 5. The number of ether oxygens (including phenoxy) is 1. The predicted octanol–water partition coefficient (Wildman–Crippen LogP) is 4.03. The molecule has 0 aliphatic carbocycles. The highest BCUT2D eigenvalue weighted by atomic mass is 32.2. The number of methoxy groups -OCH3 is 1. The van der Waals surface area contributed by atoms with Crippen LogP contribution in [0.2, 0.25) is 0 Å². The number of hydrogen-bond donors (Lipinski definition) is 2. The number of fused-ring (bicyclic) bond motifs is 1. The lowest BCUT2D eigenvalue weighted by atomic mass is 9.76. The fourth-order valence-electron chi connectivity index (χ4n) is 3.88. The molecule has 2 aromatic heterocycles. The van der Waals surface area contributed by atoms with Crippen LogP contribution >= 0.6 is 0 Å². The smallest absolute Gasteiger partial charge is 0.322 e. The SMILES string of the molecule is CCC(CC)(C(=O)O)c1ccc2[nH]c([S+]([O-])Cc3ncc(C)c(OC)c3C)nc2c1. The van der Waals surface area contributed by atoms with Gasteiger partial charge in [-0.1, -0.05) is 19.9 Å². The molecule has 0 saturated heterocycles. The van der Waals surface area contributed by atoms with Crippen molar-refractivity contribution in [2.24, 2.45) is 0 Å². The number of aryl methyl sites for hydroxylation is 1. The van der Waals surface area contributed by atoms with Crippen LogP contribution in [0.15, 0.2) is 29.6 Å². The summed E-state index contributed by atoms with van der Waals surface area (Å²) in [6.45, 7) is 7.56. The molecule has 3 rings (SSSR count). The van der Waals surface area contributed by atoms with Crippen molar-refractivity contribution in [2.45, 2.75) is 56.9 Å². The van der Waals surface area contributed by atoms with Crippen molar-refractivity contribution in [1.29, 1.82) is 0 Å². The van der Waals surface area contributed by atoms with Crippen molar-refractivity contribution < 1.29 is 19.2 Å². The topological polar surface area (TPSA) is 111 Å². The molecule has 1 unspecified atom stereocenters. The van der Waals surface area contributed by atoms with Gasteiger partial charge in [-0.25, -0.2) is 0 Å². The van der Waals surface area contributed by atoms with Gasteiger partial charge in [0.2, 0.25) is 0 Å². The number of aromatic nitrogens is 3. The zero-order valence-electron chi connectivity index (χ0n) is 17.9. The van der Waals surface area contributed by atoms with Crippen LogP contribution in [0.5, 0.6) is 5.75 Å². The summed E-state index contributed by atoms with van der Waals surface area (Å²) >= 11 is -1.44. The summed E-state index contributed by atoms with van der Waals surface area (Å²) in [6.07, 6.45) is 2.67. The van der Waals surface area contributed by atoms with E-state index in [1.165, 1.54) is 0 Å². The summed E-state index contributed by atoms with van der Waals surface area (Å²) < 4.78 is 18.4. The summed E-state index contributed by atoms with van der Waals surface area (Å²) in [5.41, 5.74) is 3.56. The molecular weight excluding hydrogens is 402 g/mol. The van der Waals surface area contributed by atoms with Crippen LogP contribution in [-0.2, 0) is 27.1 Å². The van der Waals surface area contributed by atoms with Gasteiger partial charge in [0.15, 0.2) is 5.75 Å². The van der Waals surface area contributed by atoms with Crippen molar-refractivity contribution >= 4 is 28.2 Å². The number of aliphatic carboxylic acids is 1. The van der Waals surface area contributed by atoms with Crippen molar-refractivity contribution in [1.82, 2.24) is 15.0 Å². The summed E-state index contributed by atoms with van der Waals surface area (Å²) in [6, 6.07) is 5.40. The molecule has 0 aliphatic rings. The lowest BCUT2D eigenvalue weighted by Crippen LogP contribution is -2.34. The molecule has 1 aromatic carbocycles. The number of carboxylic acids is 1. The first-order valence-electron chi connectivity index (χ1n) is 9.88. The number of H-pyrrole nitrogens is 1. The van der Waals surface area contributed by atoms with Gasteiger partial charge in [-0.15, -0.1) is 0 Å². The van der Waals surface area contributed by atoms with Gasteiger partial charge in [0.05, 0.1) is 29.3 Å². The van der Waals surface area contributed by atoms with Gasteiger partial charge in [0.1, 0.15) is 5.75 Å². The van der Waals surface area contributed by atoms with Crippen molar-refractivity contribution in [3.63, 3.8) is 0 Å². The Hall–Kier alpha value is -2.58. The van der Waals surface area contributed by atoms with Crippen LogP contribution < -0.4 is 4.74 Å². The average molecular weight is 430 g/mol. The van der Waals surface area contributed by atoms with Crippen LogP contribution in [0, 0.1) is 13.8 Å². The van der Waals surface area contributed by atoms with Crippen LogP contribution in [0.4, 0.5) is 0 Å². The second kappa shape index (κ2) is 8.65. The lowest BCUT2D eigenvalue weighted by molar-refractivity contribution is -0.144. The second-order valence-corrected chi connectivity index (χ2v) is 8.77. The summed E-state index contributed by atoms with van der Waals surface area (Å²) in [5.74, 6) is 0.106. The summed E-state index contributed by atoms with van der Waals surface area (Å²) in [7, 11) is 1.61. The first kappa shape index (κ1) is 22.1. The highest BCUT2D eigenvalue weighted by Gasteiger charge is 2.37. The summed E-state index contributed by atoms with van der Waals surface area (Å²) in [5, 5.41) is 10.1. The number of aromatic amines is 1. The minimum absolute atomic E-state index is 0.206. The minimum Gasteiger partial charge on any atom is -0.609 e. The van der Waals surface area contributed by atoms with Gasteiger partial charge in [-0.3, -0.25) is 14.8 Å². The average Bonchev–Trinajstić information content (AvgIpc) is 3.15. The molecule has 0 spiro atoms. The van der Waals surface area contributed by atoms with Gasteiger partial charge in [0, 0.05) is 28.5 Å². The number of carboxylic acid groups (broad SMARTS) is 1. The first-order valence-corrected chi connectivity index (χ1v) is 11.2. The Kier molecular flexibility index (Phi) is 6.38. The largest absolute Gasteiger partial charge is 0.609 e. The van der Waals surface area contributed by atoms with E-state index in [9.17, 15) is 14.5 Å². The lowest BCUT2D eigenvalue weighted by Gasteiger charge is -2.27. The van der Waals surface area contributed by atoms with Crippen LogP contribution in [-0.4, -0.2) is 37.7 Å². The summed E-state index contributed by atoms with van der Waals surface area (Å²) in [4.78, 5) is 24.0. The molecule has 0 aliphatic heterocycles. The predicted molar refractivity (Wildman–Crippen MR) is 116 cm³/mol. The van der Waals surface area contributed by atoms with Gasteiger partial charge < -0.3 is 14.4 Å². The number of carbonyl (C=O) groups is 1. The molecule has 2 N–H and O–H groups in total. The van der Waals surface area contributed by atoms with E-state index in [4.69, 9.17) is 4.74 Å². The van der Waals surface area contributed by atoms with Crippen molar-refractivity contribution in [3.05, 3.63) is 46.8 Å². The third-order valence-electron chi connectivity index (χ3n) is 5.86. The second-order valence-electron chi connectivity index (χ2n) is 7.40. The van der Waals surface area contributed by atoms with E-state index in [2.05, 4.69) is 15.0 Å². The molecule has 0 amide bonds. The van der Waals surface area contributed by atoms with E-state index in [0.29, 0.717) is 34.8 Å². The van der Waals surface area contributed by atoms with Gasteiger partial charge in [-0.2, -0.15) is 4.98 Å². The molecule has 7 nitrogen and oxygen atoms in total. The van der Waals surface area contributed by atoms with Gasteiger partial charge >= 0.3 is 11.1 Å². The molecule has 0 saturated carbocycles. The quantitative estimate of drug-likeness (QED) is 0.523. The Morgan fingerprint density at radius 3 is 2.60 bits per heavy atom. The third-order valence-corrected chi connectivity index (χ3v) is 7.02. The number of imidazole rings is 1. The fraction of sp³-hybridized carbons (Fsp3) is 0.409. The third kappa shape index (κ3) is 3.77. The van der Waals surface area contributed by atoms with E-state index < -0.39 is 22.6 Å². The molecule has 3 aromatic rings. The van der Waals surface area contributed by atoms with Crippen LogP contribution in [0.1, 0.15) is 49.1 Å². The van der Waals surface area contributed by atoms with E-state index in [0.717, 1.165) is 22.4 Å². The van der Waals surface area contributed by atoms with Crippen LogP contribution in [0.3, 0.4) is 0 Å². The zero-order valence-corrected chi connectivity index (χ0v) is 18.7. The molecule has 0 bridgehead atoms. The molecule has 0 fully saturated rings. The highest BCUT2D eigenvalue weighted by molar-refractivity contribution is 7.90. The van der Waals surface area contributed by atoms with Crippen LogP contribution in [0.25, 0.3) is 11.0 Å². The Balaban J connectivity index is 1.94. The fourth-order valence-corrected chi connectivity index (χ4v) is 4.98. The number of benzene rings is 1. The highest BCUT2D eigenvalue weighted by Crippen LogP contribution is 2.34. The van der Waals surface area contributed by atoms with Crippen molar-refractivity contribution in [2.75, 3.05) is 7.11 Å². The first-order chi connectivity index (χ1) is 14.3.